The van der Waals surface area contributed by atoms with Crippen molar-refractivity contribution in [3.63, 3.8) is 0 Å². The lowest BCUT2D eigenvalue weighted by Gasteiger charge is -2.18. The third kappa shape index (κ3) is 3.04. The fourth-order valence-corrected chi connectivity index (χ4v) is 2.35. The van der Waals surface area contributed by atoms with Gasteiger partial charge in [-0.25, -0.2) is 14.1 Å². The summed E-state index contributed by atoms with van der Waals surface area (Å²) >= 11 is 0. The Morgan fingerprint density at radius 3 is 2.88 bits per heavy atom. The van der Waals surface area contributed by atoms with Crippen LogP contribution in [0.3, 0.4) is 0 Å². The molecule has 9 heteroatoms. The maximum absolute atomic E-state index is 13.9. The normalized spacial score (nSPS) is 14.3. The van der Waals surface area contributed by atoms with E-state index in [1.54, 1.807) is 30.3 Å². The molecule has 1 atom stereocenters. The summed E-state index contributed by atoms with van der Waals surface area (Å²) in [7, 11) is 0. The molecular formula is C16H16FN7O. The highest BCUT2D eigenvalue weighted by molar-refractivity contribution is 5.99. The summed E-state index contributed by atoms with van der Waals surface area (Å²) in [5.74, 6) is -0.330. The zero-order valence-electron chi connectivity index (χ0n) is 13.3. The highest BCUT2D eigenvalue weighted by atomic mass is 19.1. The van der Waals surface area contributed by atoms with Crippen molar-refractivity contribution in [1.29, 1.82) is 5.41 Å². The van der Waals surface area contributed by atoms with Gasteiger partial charge in [0.25, 0.3) is 0 Å². The highest BCUT2D eigenvalue weighted by Crippen LogP contribution is 2.27. The summed E-state index contributed by atoms with van der Waals surface area (Å²) in [4.78, 5) is 6.60. The molecule has 0 saturated heterocycles. The fourth-order valence-electron chi connectivity index (χ4n) is 2.35. The number of amidine groups is 1. The zero-order valence-corrected chi connectivity index (χ0v) is 13.3. The third-order valence-electron chi connectivity index (χ3n) is 3.78. The number of benzene rings is 1. The zero-order chi connectivity index (χ0) is 18.0. The number of hydrogen-bond acceptors (Lipinski definition) is 4. The van der Waals surface area contributed by atoms with E-state index in [4.69, 9.17) is 11.1 Å². The van der Waals surface area contributed by atoms with E-state index in [0.717, 1.165) is 6.34 Å². The van der Waals surface area contributed by atoms with Gasteiger partial charge in [-0.05, 0) is 31.2 Å². The first-order valence-corrected chi connectivity index (χ1v) is 7.35. The van der Waals surface area contributed by atoms with Crippen molar-refractivity contribution in [2.75, 3.05) is 0 Å². The van der Waals surface area contributed by atoms with E-state index in [1.807, 2.05) is 0 Å². The van der Waals surface area contributed by atoms with Gasteiger partial charge in [0, 0.05) is 0 Å². The number of hydrogen-bond donors (Lipinski definition) is 4. The Morgan fingerprint density at radius 1 is 1.40 bits per heavy atom. The largest absolute Gasteiger partial charge is 0.382 e. The molecule has 0 amide bonds. The number of aromatic amines is 1. The van der Waals surface area contributed by atoms with E-state index in [0.29, 0.717) is 11.4 Å². The number of para-hydroxylation sites is 1. The van der Waals surface area contributed by atoms with Crippen molar-refractivity contribution >= 4 is 12.2 Å². The molecule has 0 aliphatic carbocycles. The molecule has 2 aromatic heterocycles. The minimum absolute atomic E-state index is 0.118. The molecule has 0 radical (unpaired) electrons. The molecule has 25 heavy (non-hydrogen) atoms. The minimum atomic E-state index is -1.51. The number of nitrogens with zero attached hydrogens (tertiary/aromatic N) is 4. The van der Waals surface area contributed by atoms with Crippen LogP contribution in [0.5, 0.6) is 0 Å². The lowest BCUT2D eigenvalue weighted by Crippen LogP contribution is -2.24. The number of H-pyrrole nitrogens is 1. The van der Waals surface area contributed by atoms with Gasteiger partial charge in [0.15, 0.2) is 0 Å². The molecule has 0 fully saturated rings. The summed E-state index contributed by atoms with van der Waals surface area (Å²) in [5.41, 5.74) is 5.53. The molecule has 1 aromatic carbocycles. The fraction of sp³-hybridized carbons (Fsp3) is 0.125. The molecule has 128 valence electrons. The van der Waals surface area contributed by atoms with Gasteiger partial charge >= 0.3 is 0 Å². The predicted octanol–water partition coefficient (Wildman–Crippen LogP) is 1.30. The molecule has 0 aliphatic heterocycles. The van der Waals surface area contributed by atoms with Gasteiger partial charge in [-0.2, -0.15) is 0 Å². The highest BCUT2D eigenvalue weighted by Gasteiger charge is 2.31. The van der Waals surface area contributed by atoms with Crippen molar-refractivity contribution in [3.05, 3.63) is 65.5 Å². The lowest BCUT2D eigenvalue weighted by molar-refractivity contribution is 0.0931. The van der Waals surface area contributed by atoms with Gasteiger partial charge in [-0.3, -0.25) is 5.41 Å². The van der Waals surface area contributed by atoms with Crippen molar-refractivity contribution in [2.24, 2.45) is 10.7 Å². The number of halogens is 1. The van der Waals surface area contributed by atoms with Crippen molar-refractivity contribution < 1.29 is 9.50 Å². The van der Waals surface area contributed by atoms with Crippen LogP contribution in [-0.4, -0.2) is 37.3 Å². The van der Waals surface area contributed by atoms with Gasteiger partial charge in [0.05, 0.1) is 17.6 Å². The van der Waals surface area contributed by atoms with Gasteiger partial charge in [0.2, 0.25) is 0 Å². The monoisotopic (exact) mass is 341 g/mol. The van der Waals surface area contributed by atoms with E-state index in [2.05, 4.69) is 20.3 Å². The summed E-state index contributed by atoms with van der Waals surface area (Å²) in [6.07, 6.45) is 2.28. The van der Waals surface area contributed by atoms with Crippen LogP contribution in [0.1, 0.15) is 24.0 Å². The molecule has 3 aromatic rings. The van der Waals surface area contributed by atoms with Crippen LogP contribution >= 0.6 is 0 Å². The molecule has 0 bridgehead atoms. The molecule has 2 heterocycles. The molecule has 0 spiro atoms. The third-order valence-corrected chi connectivity index (χ3v) is 3.78. The average Bonchev–Trinajstić information content (AvgIpc) is 3.26. The number of aromatic nitrogens is 4. The maximum Gasteiger partial charge on any atom is 0.148 e. The summed E-state index contributed by atoms with van der Waals surface area (Å²) in [5, 5.41) is 25.6. The molecule has 0 aliphatic rings. The van der Waals surface area contributed by atoms with Crippen LogP contribution in [0.2, 0.25) is 0 Å². The molecular weight excluding hydrogens is 325 g/mol. The van der Waals surface area contributed by atoms with Gasteiger partial charge < -0.3 is 15.8 Å². The Kier molecular flexibility index (Phi) is 4.15. The second-order valence-electron chi connectivity index (χ2n) is 5.50. The Morgan fingerprint density at radius 2 is 2.16 bits per heavy atom. The average molecular weight is 341 g/mol. The van der Waals surface area contributed by atoms with E-state index in [9.17, 15) is 9.50 Å². The van der Waals surface area contributed by atoms with Crippen LogP contribution in [-0.2, 0) is 5.60 Å². The van der Waals surface area contributed by atoms with Gasteiger partial charge in [0.1, 0.15) is 35.0 Å². The molecule has 1 unspecified atom stereocenters. The topological polar surface area (TPSA) is 129 Å². The standard InChI is InChI=1S/C16H16FN7O/c1-16(25,13-7-6-11(21-13)15(19)20-9-18)14-8-24(23-22-14)12-5-3-2-4-10(12)17/h2-9,21,25H,1H3,(H3,18,19,20). The second kappa shape index (κ2) is 6.29. The maximum atomic E-state index is 13.9. The van der Waals surface area contributed by atoms with Crippen LogP contribution in [0.15, 0.2) is 47.6 Å². The Balaban J connectivity index is 1.95. The number of aliphatic hydroxyl groups is 1. The number of nitrogens with two attached hydrogens (primary N) is 1. The van der Waals surface area contributed by atoms with Crippen LogP contribution in [0.4, 0.5) is 4.39 Å². The number of aliphatic imine (C=N–C) groups is 1. The Hall–Kier alpha value is -3.33. The van der Waals surface area contributed by atoms with E-state index in [1.165, 1.54) is 23.9 Å². The first-order valence-electron chi connectivity index (χ1n) is 7.35. The second-order valence-corrected chi connectivity index (χ2v) is 5.50. The number of rotatable bonds is 5. The van der Waals surface area contributed by atoms with Crippen molar-refractivity contribution in [2.45, 2.75) is 12.5 Å². The van der Waals surface area contributed by atoms with Gasteiger partial charge in [-0.1, -0.05) is 17.3 Å². The van der Waals surface area contributed by atoms with Crippen LogP contribution in [0, 0.1) is 11.2 Å². The first kappa shape index (κ1) is 16.5. The molecule has 5 N–H and O–H groups in total. The van der Waals surface area contributed by atoms with Gasteiger partial charge in [-0.15, -0.1) is 5.10 Å². The predicted molar refractivity (Wildman–Crippen MR) is 90.3 cm³/mol. The molecule has 8 nitrogen and oxygen atoms in total. The molecule has 0 saturated carbocycles. The summed E-state index contributed by atoms with van der Waals surface area (Å²) < 4.78 is 15.1. The quantitative estimate of drug-likeness (QED) is 0.412. The van der Waals surface area contributed by atoms with E-state index < -0.39 is 11.4 Å². The van der Waals surface area contributed by atoms with Crippen LogP contribution in [0.25, 0.3) is 5.69 Å². The Bertz CT molecular complexity index is 941. The smallest absolute Gasteiger partial charge is 0.148 e. The minimum Gasteiger partial charge on any atom is -0.382 e. The van der Waals surface area contributed by atoms with Crippen molar-refractivity contribution in [1.82, 2.24) is 20.0 Å². The SMILES string of the molecule is CC(O)(c1cn(-c2ccccc2F)nn1)c1ccc(C(N)=NC=N)[nH]1. The molecule has 3 rings (SSSR count). The Labute approximate surface area is 142 Å². The van der Waals surface area contributed by atoms with E-state index in [-0.39, 0.29) is 17.2 Å². The summed E-state index contributed by atoms with van der Waals surface area (Å²) in [6, 6.07) is 9.40. The van der Waals surface area contributed by atoms with E-state index >= 15 is 0 Å². The van der Waals surface area contributed by atoms with Crippen LogP contribution < -0.4 is 5.73 Å². The first-order chi connectivity index (χ1) is 11.9. The summed E-state index contributed by atoms with van der Waals surface area (Å²) in [6.45, 7) is 1.53. The van der Waals surface area contributed by atoms with Crippen molar-refractivity contribution in [3.8, 4) is 5.69 Å². The lowest BCUT2D eigenvalue weighted by atomic mass is 9.99. The number of nitrogens with one attached hydrogen (secondary N) is 2.